The second kappa shape index (κ2) is 2.96. The Bertz CT molecular complexity index is 184. The number of nitrogens with two attached hydrogens (primary N) is 1. The van der Waals surface area contributed by atoms with Crippen molar-refractivity contribution in [2.24, 2.45) is 16.0 Å². The van der Waals surface area contributed by atoms with Gasteiger partial charge in [0.2, 0.25) is 0 Å². The van der Waals surface area contributed by atoms with Crippen LogP contribution in [0, 0.1) is 0 Å². The lowest BCUT2D eigenvalue weighted by molar-refractivity contribution is -0.142. The molecular formula is C6H11N3O2. The van der Waals surface area contributed by atoms with E-state index in [1.54, 1.807) is 0 Å². The minimum Gasteiger partial charge on any atom is -0.465 e. The van der Waals surface area contributed by atoms with Crippen LogP contribution in [0.2, 0.25) is 0 Å². The topological polar surface area (TPSA) is 77.0 Å². The van der Waals surface area contributed by atoms with Crippen molar-refractivity contribution in [3.05, 3.63) is 0 Å². The molecular weight excluding hydrogens is 146 g/mol. The van der Waals surface area contributed by atoms with Crippen molar-refractivity contribution in [2.45, 2.75) is 19.0 Å². The molecule has 0 aliphatic carbocycles. The third-order valence-corrected chi connectivity index (χ3v) is 1.45. The fraction of sp³-hybridized carbons (Fsp3) is 0.833. The molecule has 0 spiro atoms. The Balaban J connectivity index is 2.00. The number of carbonyl (C=O) groups is 1. The molecule has 62 valence electrons. The van der Waals surface area contributed by atoms with Gasteiger partial charge in [0.15, 0.2) is 5.66 Å². The van der Waals surface area contributed by atoms with Gasteiger partial charge in [0.25, 0.3) is 0 Å². The third kappa shape index (κ3) is 2.63. The van der Waals surface area contributed by atoms with Gasteiger partial charge < -0.3 is 10.5 Å². The molecule has 0 saturated heterocycles. The predicted octanol–water partition coefficient (Wildman–Crippen LogP) is 0.0604. The number of hydrogen-bond donors (Lipinski definition) is 1. The van der Waals surface area contributed by atoms with E-state index < -0.39 is 0 Å². The number of ether oxygens (including phenoxy) is 1. The Labute approximate surface area is 64.6 Å². The summed E-state index contributed by atoms with van der Waals surface area (Å²) >= 11 is 0. The van der Waals surface area contributed by atoms with E-state index in [0.717, 1.165) is 0 Å². The van der Waals surface area contributed by atoms with Crippen molar-refractivity contribution >= 4 is 5.97 Å². The number of carbonyl (C=O) groups excluding carboxylic acids is 1. The van der Waals surface area contributed by atoms with Crippen LogP contribution >= 0.6 is 0 Å². The second-order valence-corrected chi connectivity index (χ2v) is 2.59. The highest BCUT2D eigenvalue weighted by Crippen LogP contribution is 2.30. The first kappa shape index (κ1) is 8.13. The highest BCUT2D eigenvalue weighted by atomic mass is 16.5. The highest BCUT2D eigenvalue weighted by Gasteiger charge is 2.33. The summed E-state index contributed by atoms with van der Waals surface area (Å²) in [6.45, 7) is 2.16. The molecule has 0 aromatic rings. The lowest BCUT2D eigenvalue weighted by Crippen LogP contribution is -2.19. The van der Waals surface area contributed by atoms with Crippen molar-refractivity contribution in [1.29, 1.82) is 0 Å². The summed E-state index contributed by atoms with van der Waals surface area (Å²) in [5, 5.41) is 7.52. The SMILES string of the molecule is CC1(CCOC(=O)CN)N=N1. The van der Waals surface area contributed by atoms with Crippen LogP contribution in [-0.2, 0) is 9.53 Å². The van der Waals surface area contributed by atoms with E-state index in [1.807, 2.05) is 6.92 Å². The summed E-state index contributed by atoms with van der Waals surface area (Å²) < 4.78 is 4.72. The largest absolute Gasteiger partial charge is 0.465 e. The van der Waals surface area contributed by atoms with Gasteiger partial charge in [-0.15, -0.1) is 0 Å². The summed E-state index contributed by atoms with van der Waals surface area (Å²) in [6.07, 6.45) is 0.652. The Morgan fingerprint density at radius 1 is 1.64 bits per heavy atom. The first-order chi connectivity index (χ1) is 5.16. The minimum atomic E-state index is -0.380. The normalized spacial score (nSPS) is 18.0. The zero-order chi connectivity index (χ0) is 8.32. The molecule has 1 heterocycles. The first-order valence-electron chi connectivity index (χ1n) is 3.46. The highest BCUT2D eigenvalue weighted by molar-refractivity contribution is 5.71. The standard InChI is InChI=1S/C6H11N3O2/c1-6(8-9-6)2-3-11-5(10)4-7/h2-4,7H2,1H3. The quantitative estimate of drug-likeness (QED) is 0.586. The van der Waals surface area contributed by atoms with Crippen molar-refractivity contribution < 1.29 is 9.53 Å². The average Bonchev–Trinajstić information content (AvgIpc) is 2.68. The van der Waals surface area contributed by atoms with E-state index >= 15 is 0 Å². The molecule has 0 bridgehead atoms. The van der Waals surface area contributed by atoms with Crippen molar-refractivity contribution in [3.8, 4) is 0 Å². The molecule has 0 atom stereocenters. The predicted molar refractivity (Wildman–Crippen MR) is 37.9 cm³/mol. The van der Waals surface area contributed by atoms with Crippen molar-refractivity contribution in [3.63, 3.8) is 0 Å². The van der Waals surface area contributed by atoms with Gasteiger partial charge in [-0.25, -0.2) is 0 Å². The molecule has 0 radical (unpaired) electrons. The molecule has 1 aliphatic heterocycles. The molecule has 0 unspecified atom stereocenters. The molecule has 0 aromatic carbocycles. The molecule has 0 saturated carbocycles. The summed E-state index contributed by atoms with van der Waals surface area (Å²) in [7, 11) is 0. The molecule has 5 heteroatoms. The van der Waals surface area contributed by atoms with Gasteiger partial charge in [0.1, 0.15) is 0 Å². The molecule has 5 nitrogen and oxygen atoms in total. The maximum atomic E-state index is 10.5. The van der Waals surface area contributed by atoms with Gasteiger partial charge in [0, 0.05) is 6.42 Å². The lowest BCUT2D eigenvalue weighted by atomic mass is 10.2. The van der Waals surface area contributed by atoms with E-state index in [2.05, 4.69) is 10.2 Å². The van der Waals surface area contributed by atoms with Crippen LogP contribution in [0.5, 0.6) is 0 Å². The van der Waals surface area contributed by atoms with Crippen molar-refractivity contribution in [2.75, 3.05) is 13.2 Å². The Hall–Kier alpha value is -0.970. The number of esters is 1. The van der Waals surface area contributed by atoms with Gasteiger partial charge >= 0.3 is 5.97 Å². The molecule has 11 heavy (non-hydrogen) atoms. The number of rotatable bonds is 4. The summed E-state index contributed by atoms with van der Waals surface area (Å²) in [5.41, 5.74) is 4.73. The molecule has 1 aliphatic rings. The van der Waals surface area contributed by atoms with Gasteiger partial charge in [-0.2, -0.15) is 10.2 Å². The summed E-state index contributed by atoms with van der Waals surface area (Å²) in [6, 6.07) is 0. The third-order valence-electron chi connectivity index (χ3n) is 1.45. The smallest absolute Gasteiger partial charge is 0.319 e. The lowest BCUT2D eigenvalue weighted by Gasteiger charge is -2.03. The van der Waals surface area contributed by atoms with Crippen LogP contribution in [-0.4, -0.2) is 24.8 Å². The molecule has 0 fully saturated rings. The van der Waals surface area contributed by atoms with Crippen LogP contribution < -0.4 is 5.73 Å². The Morgan fingerprint density at radius 2 is 2.27 bits per heavy atom. The van der Waals surface area contributed by atoms with Crippen LogP contribution in [0.25, 0.3) is 0 Å². The average molecular weight is 157 g/mol. The van der Waals surface area contributed by atoms with E-state index in [9.17, 15) is 4.79 Å². The van der Waals surface area contributed by atoms with E-state index in [0.29, 0.717) is 13.0 Å². The molecule has 0 aromatic heterocycles. The molecule has 1 rings (SSSR count). The summed E-state index contributed by atoms with van der Waals surface area (Å²) in [5.74, 6) is -0.380. The minimum absolute atomic E-state index is 0.0645. The van der Waals surface area contributed by atoms with Gasteiger partial charge in [0.05, 0.1) is 13.2 Å². The molecule has 2 N–H and O–H groups in total. The van der Waals surface area contributed by atoms with Gasteiger partial charge in [-0.05, 0) is 6.92 Å². The first-order valence-corrected chi connectivity index (χ1v) is 3.46. The second-order valence-electron chi connectivity index (χ2n) is 2.59. The molecule has 0 amide bonds. The monoisotopic (exact) mass is 157 g/mol. The van der Waals surface area contributed by atoms with E-state index in [-0.39, 0.29) is 18.2 Å². The number of hydrogen-bond acceptors (Lipinski definition) is 5. The van der Waals surface area contributed by atoms with Crippen LogP contribution in [0.4, 0.5) is 0 Å². The van der Waals surface area contributed by atoms with Crippen LogP contribution in [0.1, 0.15) is 13.3 Å². The zero-order valence-corrected chi connectivity index (χ0v) is 6.41. The van der Waals surface area contributed by atoms with Crippen LogP contribution in [0.15, 0.2) is 10.2 Å². The van der Waals surface area contributed by atoms with E-state index in [4.69, 9.17) is 10.5 Å². The maximum Gasteiger partial charge on any atom is 0.319 e. The zero-order valence-electron chi connectivity index (χ0n) is 6.41. The fourth-order valence-electron chi connectivity index (χ4n) is 0.602. The van der Waals surface area contributed by atoms with Gasteiger partial charge in [-0.3, -0.25) is 4.79 Å². The van der Waals surface area contributed by atoms with Gasteiger partial charge in [-0.1, -0.05) is 0 Å². The fourth-order valence-corrected chi connectivity index (χ4v) is 0.602. The number of nitrogens with zero attached hydrogens (tertiary/aromatic N) is 2. The summed E-state index contributed by atoms with van der Waals surface area (Å²) in [4.78, 5) is 10.5. The van der Waals surface area contributed by atoms with Crippen LogP contribution in [0.3, 0.4) is 0 Å². The van der Waals surface area contributed by atoms with E-state index in [1.165, 1.54) is 0 Å². The maximum absolute atomic E-state index is 10.5. The van der Waals surface area contributed by atoms with Crippen molar-refractivity contribution in [1.82, 2.24) is 0 Å². The Morgan fingerprint density at radius 3 is 2.73 bits per heavy atom. The Kier molecular flexibility index (Phi) is 2.19.